The number of nitrogens with one attached hydrogen (secondary N) is 1. The van der Waals surface area contributed by atoms with Crippen molar-refractivity contribution < 1.29 is 0 Å². The number of fused-ring (bicyclic) bond motifs is 1. The highest BCUT2D eigenvalue weighted by Crippen LogP contribution is 2.27. The molecule has 2 heterocycles. The van der Waals surface area contributed by atoms with Gasteiger partial charge in [0.2, 0.25) is 0 Å². The number of aromatic nitrogens is 3. The van der Waals surface area contributed by atoms with Gasteiger partial charge < -0.3 is 9.88 Å². The summed E-state index contributed by atoms with van der Waals surface area (Å²) in [5.74, 6) is 1.06. The Bertz CT molecular complexity index is 845. The number of rotatable bonds is 5. The SMILES string of the molecule is Cn1c(CCCNc2snc(Cl)c2C#N)nc2ccccc21. The first kappa shape index (κ1) is 14.8. The summed E-state index contributed by atoms with van der Waals surface area (Å²) < 4.78 is 6.10. The van der Waals surface area contributed by atoms with E-state index in [-0.39, 0.29) is 5.15 Å². The van der Waals surface area contributed by atoms with E-state index in [1.807, 2.05) is 25.2 Å². The lowest BCUT2D eigenvalue weighted by Gasteiger charge is -2.04. The fourth-order valence-corrected chi connectivity index (χ4v) is 3.31. The minimum atomic E-state index is 0.269. The maximum Gasteiger partial charge on any atom is 0.162 e. The summed E-state index contributed by atoms with van der Waals surface area (Å²) in [5, 5.41) is 13.2. The molecule has 0 fully saturated rings. The Labute approximate surface area is 137 Å². The second-order valence-electron chi connectivity index (χ2n) is 4.90. The number of hydrogen-bond donors (Lipinski definition) is 1. The van der Waals surface area contributed by atoms with E-state index in [1.54, 1.807) is 0 Å². The van der Waals surface area contributed by atoms with E-state index in [2.05, 4.69) is 31.4 Å². The number of aryl methyl sites for hydroxylation is 2. The van der Waals surface area contributed by atoms with Gasteiger partial charge in [-0.2, -0.15) is 9.64 Å². The largest absolute Gasteiger partial charge is 0.375 e. The molecule has 3 rings (SSSR count). The van der Waals surface area contributed by atoms with Crippen molar-refractivity contribution in [2.24, 2.45) is 7.05 Å². The molecule has 0 atom stereocenters. The highest BCUT2D eigenvalue weighted by molar-refractivity contribution is 7.10. The summed E-state index contributed by atoms with van der Waals surface area (Å²) in [6.07, 6.45) is 1.78. The molecule has 1 N–H and O–H groups in total. The zero-order valence-corrected chi connectivity index (χ0v) is 13.6. The summed E-state index contributed by atoms with van der Waals surface area (Å²) in [5.41, 5.74) is 2.59. The Hall–Kier alpha value is -2.10. The lowest BCUT2D eigenvalue weighted by Crippen LogP contribution is -2.05. The molecule has 0 saturated heterocycles. The molecule has 0 spiro atoms. The Balaban J connectivity index is 1.61. The highest BCUT2D eigenvalue weighted by atomic mass is 35.5. The third-order valence-corrected chi connectivity index (χ3v) is 4.68. The van der Waals surface area contributed by atoms with Gasteiger partial charge in [-0.1, -0.05) is 23.7 Å². The van der Waals surface area contributed by atoms with Crippen LogP contribution in [-0.2, 0) is 13.5 Å². The molecule has 0 bridgehead atoms. The third kappa shape index (κ3) is 2.78. The Morgan fingerprint density at radius 3 is 3.00 bits per heavy atom. The molecule has 0 aliphatic heterocycles. The number of halogens is 1. The summed E-state index contributed by atoms with van der Waals surface area (Å²) in [6, 6.07) is 10.2. The van der Waals surface area contributed by atoms with Crippen LogP contribution in [0.5, 0.6) is 0 Å². The number of nitrogens with zero attached hydrogens (tertiary/aromatic N) is 4. The van der Waals surface area contributed by atoms with Gasteiger partial charge in [0, 0.05) is 20.0 Å². The normalized spacial score (nSPS) is 10.8. The number of imidazole rings is 1. The van der Waals surface area contributed by atoms with Crippen LogP contribution in [0.15, 0.2) is 24.3 Å². The van der Waals surface area contributed by atoms with Gasteiger partial charge in [0.1, 0.15) is 22.5 Å². The van der Waals surface area contributed by atoms with Crippen molar-refractivity contribution in [3.63, 3.8) is 0 Å². The van der Waals surface area contributed by atoms with Crippen LogP contribution >= 0.6 is 23.1 Å². The lowest BCUT2D eigenvalue weighted by molar-refractivity contribution is 0.754. The van der Waals surface area contributed by atoms with E-state index in [4.69, 9.17) is 16.9 Å². The molecule has 3 aromatic rings. The topological polar surface area (TPSA) is 66.5 Å². The van der Waals surface area contributed by atoms with Gasteiger partial charge in [-0.15, -0.1) is 0 Å². The predicted octanol–water partition coefficient (Wildman–Crippen LogP) is 3.60. The third-order valence-electron chi connectivity index (χ3n) is 3.50. The van der Waals surface area contributed by atoms with Crippen LogP contribution in [0.2, 0.25) is 5.15 Å². The standard InChI is InChI=1S/C15H14ClN5S/c1-21-12-6-3-2-5-11(12)19-13(21)7-4-8-18-15-10(9-17)14(16)20-22-15/h2-3,5-6,18H,4,7-8H2,1H3. The van der Waals surface area contributed by atoms with Crippen LogP contribution in [0.3, 0.4) is 0 Å². The molecule has 0 unspecified atom stereocenters. The number of nitriles is 1. The first-order valence-electron chi connectivity index (χ1n) is 6.90. The molecule has 2 aromatic heterocycles. The van der Waals surface area contributed by atoms with Crippen LogP contribution in [-0.4, -0.2) is 20.5 Å². The van der Waals surface area contributed by atoms with Crippen molar-refractivity contribution in [3.8, 4) is 6.07 Å². The number of anilines is 1. The zero-order chi connectivity index (χ0) is 15.5. The fourth-order valence-electron chi connectivity index (χ4n) is 2.36. The van der Waals surface area contributed by atoms with Gasteiger partial charge in [0.05, 0.1) is 11.0 Å². The van der Waals surface area contributed by atoms with Crippen molar-refractivity contribution in [1.82, 2.24) is 13.9 Å². The van der Waals surface area contributed by atoms with Crippen LogP contribution in [0, 0.1) is 11.3 Å². The lowest BCUT2D eigenvalue weighted by atomic mass is 10.3. The van der Waals surface area contributed by atoms with E-state index in [1.165, 1.54) is 11.5 Å². The number of benzene rings is 1. The smallest absolute Gasteiger partial charge is 0.162 e. The van der Waals surface area contributed by atoms with Crippen LogP contribution < -0.4 is 5.32 Å². The molecule has 0 amide bonds. The molecular weight excluding hydrogens is 318 g/mol. The summed E-state index contributed by atoms with van der Waals surface area (Å²) in [4.78, 5) is 4.65. The van der Waals surface area contributed by atoms with Gasteiger partial charge >= 0.3 is 0 Å². The fraction of sp³-hybridized carbons (Fsp3) is 0.267. The molecule has 0 aliphatic rings. The second-order valence-corrected chi connectivity index (χ2v) is 6.03. The van der Waals surface area contributed by atoms with Crippen molar-refractivity contribution in [2.45, 2.75) is 12.8 Å². The second kappa shape index (κ2) is 6.34. The van der Waals surface area contributed by atoms with E-state index < -0.39 is 0 Å². The quantitative estimate of drug-likeness (QED) is 0.725. The molecule has 1 aromatic carbocycles. The van der Waals surface area contributed by atoms with Crippen molar-refractivity contribution >= 4 is 39.2 Å². The van der Waals surface area contributed by atoms with Crippen molar-refractivity contribution in [3.05, 3.63) is 40.8 Å². The first-order valence-corrected chi connectivity index (χ1v) is 8.05. The monoisotopic (exact) mass is 331 g/mol. The van der Waals surface area contributed by atoms with Gasteiger partial charge in [-0.25, -0.2) is 4.98 Å². The Morgan fingerprint density at radius 2 is 2.23 bits per heavy atom. The first-order chi connectivity index (χ1) is 10.7. The van der Waals surface area contributed by atoms with Crippen LogP contribution in [0.1, 0.15) is 17.8 Å². The Morgan fingerprint density at radius 1 is 1.41 bits per heavy atom. The summed E-state index contributed by atoms with van der Waals surface area (Å²) in [6.45, 7) is 0.746. The molecule has 0 radical (unpaired) electrons. The van der Waals surface area contributed by atoms with Crippen LogP contribution in [0.25, 0.3) is 11.0 Å². The summed E-state index contributed by atoms with van der Waals surface area (Å²) in [7, 11) is 2.04. The van der Waals surface area contributed by atoms with Crippen molar-refractivity contribution in [2.75, 3.05) is 11.9 Å². The Kier molecular flexibility index (Phi) is 4.27. The average molecular weight is 332 g/mol. The van der Waals surface area contributed by atoms with Gasteiger partial charge in [0.15, 0.2) is 5.15 Å². The number of para-hydroxylation sites is 2. The average Bonchev–Trinajstić information content (AvgIpc) is 3.05. The van der Waals surface area contributed by atoms with Crippen LogP contribution in [0.4, 0.5) is 5.00 Å². The minimum Gasteiger partial charge on any atom is -0.375 e. The molecule has 0 saturated carbocycles. The molecule has 0 aliphatic carbocycles. The zero-order valence-electron chi connectivity index (χ0n) is 12.0. The maximum atomic E-state index is 9.02. The van der Waals surface area contributed by atoms with Crippen molar-refractivity contribution in [1.29, 1.82) is 5.26 Å². The molecular formula is C15H14ClN5S. The number of hydrogen-bond acceptors (Lipinski definition) is 5. The van der Waals surface area contributed by atoms with Gasteiger partial charge in [-0.3, -0.25) is 0 Å². The molecule has 112 valence electrons. The molecule has 5 nitrogen and oxygen atoms in total. The maximum absolute atomic E-state index is 9.02. The van der Waals surface area contributed by atoms with E-state index in [0.717, 1.165) is 41.2 Å². The predicted molar refractivity (Wildman–Crippen MR) is 89.4 cm³/mol. The molecule has 7 heteroatoms. The summed E-state index contributed by atoms with van der Waals surface area (Å²) >= 11 is 7.06. The minimum absolute atomic E-state index is 0.269. The van der Waals surface area contributed by atoms with E-state index in [0.29, 0.717) is 5.56 Å². The molecule has 22 heavy (non-hydrogen) atoms. The van der Waals surface area contributed by atoms with Gasteiger partial charge in [-0.05, 0) is 30.1 Å². The highest BCUT2D eigenvalue weighted by Gasteiger charge is 2.11. The van der Waals surface area contributed by atoms with E-state index in [9.17, 15) is 0 Å². The van der Waals surface area contributed by atoms with E-state index >= 15 is 0 Å². The van der Waals surface area contributed by atoms with Gasteiger partial charge in [0.25, 0.3) is 0 Å².